The number of phenols is 1. The summed E-state index contributed by atoms with van der Waals surface area (Å²) in [5.41, 5.74) is 1.50. The van der Waals surface area contributed by atoms with Gasteiger partial charge < -0.3 is 15.5 Å². The Balaban J connectivity index is 1.74. The number of aromatic hydroxyl groups is 1. The molecule has 2 aromatic rings. The van der Waals surface area contributed by atoms with E-state index in [-0.39, 0.29) is 5.75 Å². The number of rotatable bonds is 6. The fourth-order valence-electron chi connectivity index (χ4n) is 1.69. The van der Waals surface area contributed by atoms with Crippen molar-refractivity contribution in [2.75, 3.05) is 6.54 Å². The van der Waals surface area contributed by atoms with Crippen molar-refractivity contribution in [2.24, 2.45) is 0 Å². The molecule has 19 heavy (non-hydrogen) atoms. The predicted molar refractivity (Wildman–Crippen MR) is 74.8 cm³/mol. The molecule has 0 fully saturated rings. The Morgan fingerprint density at radius 1 is 1.26 bits per heavy atom. The summed E-state index contributed by atoms with van der Waals surface area (Å²) >= 11 is 1.45. The Hall–Kier alpha value is -1.85. The van der Waals surface area contributed by atoms with E-state index in [4.69, 9.17) is 10.2 Å². The van der Waals surface area contributed by atoms with E-state index in [1.807, 2.05) is 12.1 Å². The molecule has 0 amide bonds. The summed E-state index contributed by atoms with van der Waals surface area (Å²) in [5, 5.41) is 22.9. The highest BCUT2D eigenvalue weighted by molar-refractivity contribution is 7.10. The zero-order valence-corrected chi connectivity index (χ0v) is 11.1. The average molecular weight is 277 g/mol. The van der Waals surface area contributed by atoms with Crippen LogP contribution in [0.3, 0.4) is 0 Å². The molecule has 3 N–H and O–H groups in total. The highest BCUT2D eigenvalue weighted by Gasteiger charge is 2.05. The van der Waals surface area contributed by atoms with Crippen LogP contribution in [0.1, 0.15) is 20.8 Å². The molecule has 0 aliphatic carbocycles. The lowest BCUT2D eigenvalue weighted by molar-refractivity contribution is 0.0697. The molecule has 100 valence electrons. The molecule has 5 heteroatoms. The lowest BCUT2D eigenvalue weighted by Crippen LogP contribution is -2.15. The molecular weight excluding hydrogens is 262 g/mol. The quantitative estimate of drug-likeness (QED) is 0.709. The number of hydrogen-bond donors (Lipinski definition) is 3. The first-order chi connectivity index (χ1) is 9.15. The molecule has 0 saturated heterocycles. The standard InChI is InChI=1S/C14H15NO3S/c16-12-3-1-10(2-4-12)5-6-15-8-13-7-11(9-19-13)14(17)18/h1-4,7,9,15-16H,5-6,8H2,(H,17,18). The van der Waals surface area contributed by atoms with Crippen molar-refractivity contribution in [1.29, 1.82) is 0 Å². The summed E-state index contributed by atoms with van der Waals surface area (Å²) in [7, 11) is 0. The van der Waals surface area contributed by atoms with Gasteiger partial charge in [0.1, 0.15) is 5.75 Å². The largest absolute Gasteiger partial charge is 0.508 e. The molecule has 1 heterocycles. The van der Waals surface area contributed by atoms with E-state index < -0.39 is 5.97 Å². The van der Waals surface area contributed by atoms with Crippen molar-refractivity contribution in [3.05, 3.63) is 51.7 Å². The molecule has 1 aromatic carbocycles. The Labute approximate surface area is 115 Å². The minimum Gasteiger partial charge on any atom is -0.508 e. The minimum absolute atomic E-state index is 0.275. The van der Waals surface area contributed by atoms with E-state index in [9.17, 15) is 4.79 Å². The van der Waals surface area contributed by atoms with E-state index in [0.29, 0.717) is 12.1 Å². The molecule has 0 unspecified atom stereocenters. The number of aromatic carboxylic acids is 1. The van der Waals surface area contributed by atoms with Gasteiger partial charge in [-0.2, -0.15) is 0 Å². The van der Waals surface area contributed by atoms with Crippen molar-refractivity contribution in [1.82, 2.24) is 5.32 Å². The van der Waals surface area contributed by atoms with Crippen LogP contribution in [-0.2, 0) is 13.0 Å². The van der Waals surface area contributed by atoms with Crippen molar-refractivity contribution in [3.63, 3.8) is 0 Å². The molecule has 2 rings (SSSR count). The van der Waals surface area contributed by atoms with Crippen molar-refractivity contribution < 1.29 is 15.0 Å². The van der Waals surface area contributed by atoms with E-state index in [0.717, 1.165) is 23.4 Å². The summed E-state index contributed by atoms with van der Waals surface area (Å²) in [6.45, 7) is 1.49. The number of carboxylic acid groups (broad SMARTS) is 1. The first kappa shape index (κ1) is 13.6. The third-order valence-electron chi connectivity index (χ3n) is 2.73. The summed E-state index contributed by atoms with van der Waals surface area (Å²) in [6, 6.07) is 8.83. The minimum atomic E-state index is -0.883. The van der Waals surface area contributed by atoms with Crippen LogP contribution < -0.4 is 5.32 Å². The molecule has 0 bridgehead atoms. The lowest BCUT2D eigenvalue weighted by Gasteiger charge is -2.03. The number of carbonyl (C=O) groups is 1. The van der Waals surface area contributed by atoms with Gasteiger partial charge in [-0.15, -0.1) is 11.3 Å². The average Bonchev–Trinajstić information content (AvgIpc) is 2.86. The van der Waals surface area contributed by atoms with Crippen LogP contribution in [0.2, 0.25) is 0 Å². The van der Waals surface area contributed by atoms with Gasteiger partial charge in [-0.25, -0.2) is 4.79 Å². The SMILES string of the molecule is O=C(O)c1csc(CNCCc2ccc(O)cc2)c1. The maximum Gasteiger partial charge on any atom is 0.336 e. The molecule has 0 aliphatic heterocycles. The van der Waals surface area contributed by atoms with Crippen LogP contribution in [0.25, 0.3) is 0 Å². The number of carboxylic acids is 1. The maximum atomic E-state index is 10.7. The number of thiophene rings is 1. The van der Waals surface area contributed by atoms with Crippen LogP contribution >= 0.6 is 11.3 Å². The summed E-state index contributed by atoms with van der Waals surface area (Å²) in [5.74, 6) is -0.608. The first-order valence-electron chi connectivity index (χ1n) is 5.94. The number of nitrogens with one attached hydrogen (secondary N) is 1. The normalized spacial score (nSPS) is 10.5. The summed E-state index contributed by atoms with van der Waals surface area (Å²) in [4.78, 5) is 11.7. The van der Waals surface area contributed by atoms with Crippen LogP contribution in [0, 0.1) is 0 Å². The summed E-state index contributed by atoms with van der Waals surface area (Å²) < 4.78 is 0. The van der Waals surface area contributed by atoms with Crippen LogP contribution in [0.4, 0.5) is 0 Å². The van der Waals surface area contributed by atoms with Gasteiger partial charge in [0.05, 0.1) is 5.56 Å². The monoisotopic (exact) mass is 277 g/mol. The fourth-order valence-corrected chi connectivity index (χ4v) is 2.52. The predicted octanol–water partition coefficient (Wildman–Crippen LogP) is 2.48. The molecular formula is C14H15NO3S. The third-order valence-corrected chi connectivity index (χ3v) is 3.66. The molecule has 0 radical (unpaired) electrons. The number of phenolic OH excluding ortho intramolecular Hbond substituents is 1. The van der Waals surface area contributed by atoms with Crippen LogP contribution in [0.15, 0.2) is 35.7 Å². The van der Waals surface area contributed by atoms with Crippen molar-refractivity contribution in [2.45, 2.75) is 13.0 Å². The Morgan fingerprint density at radius 3 is 2.63 bits per heavy atom. The van der Waals surface area contributed by atoms with E-state index in [1.165, 1.54) is 11.3 Å². The second-order valence-electron chi connectivity index (χ2n) is 4.20. The first-order valence-corrected chi connectivity index (χ1v) is 6.82. The smallest absolute Gasteiger partial charge is 0.336 e. The van der Waals surface area contributed by atoms with Gasteiger partial charge in [0.15, 0.2) is 0 Å². The molecule has 1 aromatic heterocycles. The van der Waals surface area contributed by atoms with Gasteiger partial charge >= 0.3 is 5.97 Å². The Kier molecular flexibility index (Phi) is 4.54. The zero-order valence-electron chi connectivity index (χ0n) is 10.3. The second kappa shape index (κ2) is 6.36. The molecule has 0 atom stereocenters. The zero-order chi connectivity index (χ0) is 13.7. The topological polar surface area (TPSA) is 69.6 Å². The maximum absolute atomic E-state index is 10.7. The summed E-state index contributed by atoms with van der Waals surface area (Å²) in [6.07, 6.45) is 0.872. The van der Waals surface area contributed by atoms with Crippen LogP contribution in [0.5, 0.6) is 5.75 Å². The molecule has 0 saturated carbocycles. The molecule has 0 aliphatic rings. The van der Waals surface area contributed by atoms with Gasteiger partial charge in [-0.05, 0) is 36.7 Å². The number of benzene rings is 1. The van der Waals surface area contributed by atoms with Gasteiger partial charge in [0.2, 0.25) is 0 Å². The van der Waals surface area contributed by atoms with Gasteiger partial charge in [0, 0.05) is 16.8 Å². The van der Waals surface area contributed by atoms with Crippen molar-refractivity contribution >= 4 is 17.3 Å². The van der Waals surface area contributed by atoms with E-state index in [1.54, 1.807) is 23.6 Å². The third kappa shape index (κ3) is 4.08. The van der Waals surface area contributed by atoms with Gasteiger partial charge in [-0.1, -0.05) is 12.1 Å². The van der Waals surface area contributed by atoms with Gasteiger partial charge in [-0.3, -0.25) is 0 Å². The highest BCUT2D eigenvalue weighted by Crippen LogP contribution is 2.14. The molecule has 4 nitrogen and oxygen atoms in total. The Morgan fingerprint density at radius 2 is 2.00 bits per heavy atom. The lowest BCUT2D eigenvalue weighted by atomic mass is 10.1. The highest BCUT2D eigenvalue weighted by atomic mass is 32.1. The van der Waals surface area contributed by atoms with E-state index >= 15 is 0 Å². The second-order valence-corrected chi connectivity index (χ2v) is 5.20. The fraction of sp³-hybridized carbons (Fsp3) is 0.214. The van der Waals surface area contributed by atoms with Gasteiger partial charge in [0.25, 0.3) is 0 Å². The van der Waals surface area contributed by atoms with Crippen molar-refractivity contribution in [3.8, 4) is 5.75 Å². The molecule has 0 spiro atoms. The van der Waals surface area contributed by atoms with E-state index in [2.05, 4.69) is 5.32 Å². The van der Waals surface area contributed by atoms with Crippen LogP contribution in [-0.4, -0.2) is 22.7 Å². The number of hydrogen-bond acceptors (Lipinski definition) is 4. The Bertz CT molecular complexity index is 548.